The van der Waals surface area contributed by atoms with E-state index in [9.17, 15) is 0 Å². The van der Waals surface area contributed by atoms with Gasteiger partial charge in [0, 0.05) is 39.7 Å². The monoisotopic (exact) mass is 219 g/mol. The molecule has 0 spiro atoms. The van der Waals surface area contributed by atoms with Gasteiger partial charge < -0.3 is 0 Å². The molecule has 1 nitrogen and oxygen atoms in total. The summed E-state index contributed by atoms with van der Waals surface area (Å²) in [4.78, 5) is 3.85. The molecule has 0 fully saturated rings. The summed E-state index contributed by atoms with van der Waals surface area (Å²) in [7, 11) is 0. The Morgan fingerprint density at radius 2 is 1.89 bits per heavy atom. The van der Waals surface area contributed by atoms with E-state index in [2.05, 4.69) is 11.6 Å². The van der Waals surface area contributed by atoms with E-state index >= 15 is 0 Å². The van der Waals surface area contributed by atoms with Crippen LogP contribution >= 0.6 is 0 Å². The van der Waals surface area contributed by atoms with Gasteiger partial charge in [-0.15, -0.1) is 0 Å². The van der Waals surface area contributed by atoms with Gasteiger partial charge in [0.1, 0.15) is 0 Å². The SMILES string of the molecule is C=Cc1ccncc1.[Cd]. The van der Waals surface area contributed by atoms with E-state index in [0.29, 0.717) is 0 Å². The first kappa shape index (κ1) is 8.81. The van der Waals surface area contributed by atoms with Crippen molar-refractivity contribution < 1.29 is 27.3 Å². The fourth-order valence-corrected chi connectivity index (χ4v) is 0.500. The Balaban J connectivity index is 0.000000640. The molecule has 0 atom stereocenters. The number of pyridine rings is 1. The molecule has 0 saturated carbocycles. The minimum atomic E-state index is 0. The van der Waals surface area contributed by atoms with Crippen molar-refractivity contribution in [1.29, 1.82) is 0 Å². The molecule has 1 aromatic heterocycles. The summed E-state index contributed by atoms with van der Waals surface area (Å²) in [5.74, 6) is 0. The molecule has 0 aliphatic rings. The molecule has 0 N–H and O–H groups in total. The van der Waals surface area contributed by atoms with Crippen LogP contribution in [0.3, 0.4) is 0 Å². The zero-order chi connectivity index (χ0) is 5.82. The summed E-state index contributed by atoms with van der Waals surface area (Å²) in [6, 6.07) is 3.82. The third-order valence-corrected chi connectivity index (χ3v) is 0.942. The zero-order valence-corrected chi connectivity index (χ0v) is 9.28. The second kappa shape index (κ2) is 4.67. The predicted molar refractivity (Wildman–Crippen MR) is 34.3 cm³/mol. The molecule has 0 aliphatic carbocycles. The fourth-order valence-electron chi connectivity index (χ4n) is 0.500. The molecule has 0 aromatic carbocycles. The topological polar surface area (TPSA) is 12.9 Å². The molecule has 1 aromatic rings. The van der Waals surface area contributed by atoms with E-state index in [1.165, 1.54) is 0 Å². The van der Waals surface area contributed by atoms with Crippen LogP contribution < -0.4 is 0 Å². The first-order valence-electron chi connectivity index (χ1n) is 2.46. The van der Waals surface area contributed by atoms with E-state index in [4.69, 9.17) is 0 Å². The Kier molecular flexibility index (Phi) is 4.57. The van der Waals surface area contributed by atoms with Crippen LogP contribution in [0.2, 0.25) is 0 Å². The van der Waals surface area contributed by atoms with Gasteiger partial charge in [-0.1, -0.05) is 12.7 Å². The van der Waals surface area contributed by atoms with Gasteiger partial charge in [-0.3, -0.25) is 4.98 Å². The van der Waals surface area contributed by atoms with Gasteiger partial charge in [0.25, 0.3) is 0 Å². The molecular weight excluding hydrogens is 210 g/mol. The van der Waals surface area contributed by atoms with Gasteiger partial charge in [0.2, 0.25) is 0 Å². The Hall–Kier alpha value is -0.188. The second-order valence-corrected chi connectivity index (χ2v) is 1.48. The molecule has 1 heterocycles. The van der Waals surface area contributed by atoms with Crippen LogP contribution in [0, 0.1) is 0 Å². The van der Waals surface area contributed by atoms with E-state index in [-0.39, 0.29) is 27.3 Å². The second-order valence-electron chi connectivity index (χ2n) is 1.48. The van der Waals surface area contributed by atoms with Gasteiger partial charge in [-0.25, -0.2) is 0 Å². The third kappa shape index (κ3) is 2.74. The van der Waals surface area contributed by atoms with Crippen molar-refractivity contribution in [3.05, 3.63) is 36.7 Å². The molecular formula is C7H7CdN. The first-order valence-corrected chi connectivity index (χ1v) is 2.46. The molecule has 1 rings (SSSR count). The van der Waals surface area contributed by atoms with Crippen LogP contribution in [-0.2, 0) is 27.3 Å². The van der Waals surface area contributed by atoms with Crippen molar-refractivity contribution in [2.45, 2.75) is 0 Å². The zero-order valence-electron chi connectivity index (χ0n) is 5.25. The fraction of sp³-hybridized carbons (Fsp3) is 0. The number of nitrogens with zero attached hydrogens (tertiary/aromatic N) is 1. The summed E-state index contributed by atoms with van der Waals surface area (Å²) in [5.41, 5.74) is 1.11. The number of rotatable bonds is 1. The Labute approximate surface area is 75.0 Å². The first-order chi connectivity index (χ1) is 3.93. The van der Waals surface area contributed by atoms with Crippen molar-refractivity contribution in [1.82, 2.24) is 4.98 Å². The van der Waals surface area contributed by atoms with Crippen LogP contribution in [0.15, 0.2) is 31.1 Å². The van der Waals surface area contributed by atoms with Gasteiger partial charge in [-0.2, -0.15) is 0 Å². The summed E-state index contributed by atoms with van der Waals surface area (Å²) in [6.45, 7) is 3.60. The van der Waals surface area contributed by atoms with Crippen molar-refractivity contribution >= 4 is 6.08 Å². The van der Waals surface area contributed by atoms with Crippen LogP contribution in [-0.4, -0.2) is 4.98 Å². The molecule has 0 radical (unpaired) electrons. The summed E-state index contributed by atoms with van der Waals surface area (Å²) >= 11 is 0. The molecule has 0 aliphatic heterocycles. The summed E-state index contributed by atoms with van der Waals surface area (Å²) < 4.78 is 0. The van der Waals surface area contributed by atoms with Gasteiger partial charge in [-0.05, 0) is 17.7 Å². The van der Waals surface area contributed by atoms with Crippen molar-refractivity contribution in [2.24, 2.45) is 0 Å². The molecule has 0 saturated heterocycles. The Morgan fingerprint density at radius 3 is 2.22 bits per heavy atom. The molecule has 0 unspecified atom stereocenters. The number of hydrogen-bond acceptors (Lipinski definition) is 1. The largest absolute Gasteiger partial charge is 0.265 e. The summed E-state index contributed by atoms with van der Waals surface area (Å²) in [6.07, 6.45) is 5.29. The normalized spacial score (nSPS) is 7.56. The minimum Gasteiger partial charge on any atom is -0.265 e. The average molecular weight is 218 g/mol. The summed E-state index contributed by atoms with van der Waals surface area (Å²) in [5, 5.41) is 0. The van der Waals surface area contributed by atoms with E-state index in [1.807, 2.05) is 12.1 Å². The average Bonchev–Trinajstić information content (AvgIpc) is 1.90. The van der Waals surface area contributed by atoms with Crippen LogP contribution in [0.1, 0.15) is 5.56 Å². The van der Waals surface area contributed by atoms with Crippen LogP contribution in [0.4, 0.5) is 0 Å². The smallest absolute Gasteiger partial charge is 0.0273 e. The third-order valence-electron chi connectivity index (χ3n) is 0.942. The van der Waals surface area contributed by atoms with E-state index < -0.39 is 0 Å². The van der Waals surface area contributed by atoms with Gasteiger partial charge in [0.05, 0.1) is 0 Å². The molecule has 0 amide bonds. The maximum Gasteiger partial charge on any atom is 0.0273 e. The molecule has 42 valence electrons. The number of hydrogen-bond donors (Lipinski definition) is 0. The van der Waals surface area contributed by atoms with Gasteiger partial charge >= 0.3 is 0 Å². The maximum atomic E-state index is 3.85. The van der Waals surface area contributed by atoms with E-state index in [1.54, 1.807) is 18.5 Å². The van der Waals surface area contributed by atoms with E-state index in [0.717, 1.165) is 5.56 Å². The Bertz CT molecular complexity index is 172. The maximum absolute atomic E-state index is 3.85. The quantitative estimate of drug-likeness (QED) is 0.653. The predicted octanol–water partition coefficient (Wildman–Crippen LogP) is 1.72. The number of aromatic nitrogens is 1. The Morgan fingerprint density at radius 1 is 1.33 bits per heavy atom. The van der Waals surface area contributed by atoms with Crippen LogP contribution in [0.25, 0.3) is 6.08 Å². The molecule has 0 bridgehead atoms. The molecule has 9 heavy (non-hydrogen) atoms. The minimum absolute atomic E-state index is 0. The van der Waals surface area contributed by atoms with Gasteiger partial charge in [0.15, 0.2) is 0 Å². The van der Waals surface area contributed by atoms with Crippen molar-refractivity contribution in [3.8, 4) is 0 Å². The van der Waals surface area contributed by atoms with Crippen LogP contribution in [0.5, 0.6) is 0 Å². The standard InChI is InChI=1S/C7H7N.Cd/c1-2-7-3-5-8-6-4-7;/h2-6H,1H2;. The van der Waals surface area contributed by atoms with Crippen molar-refractivity contribution in [2.75, 3.05) is 0 Å². The molecule has 2 heteroatoms. The van der Waals surface area contributed by atoms with Crippen molar-refractivity contribution in [3.63, 3.8) is 0 Å².